The predicted octanol–water partition coefficient (Wildman–Crippen LogP) is 4.00. The van der Waals surface area contributed by atoms with E-state index in [0.29, 0.717) is 0 Å². The Morgan fingerprint density at radius 2 is 1.72 bits per heavy atom. The van der Waals surface area contributed by atoms with E-state index in [4.69, 9.17) is 4.74 Å². The van der Waals surface area contributed by atoms with Crippen molar-refractivity contribution in [3.8, 4) is 5.75 Å². The Hall–Kier alpha value is -2.56. The minimum absolute atomic E-state index is 0.0127. The highest BCUT2D eigenvalue weighted by atomic mass is 16.5. The van der Waals surface area contributed by atoms with Crippen molar-refractivity contribution in [2.45, 2.75) is 50.8 Å². The van der Waals surface area contributed by atoms with Crippen molar-refractivity contribution >= 4 is 11.7 Å². The second-order valence-electron chi connectivity index (χ2n) is 6.98. The van der Waals surface area contributed by atoms with Gasteiger partial charge in [-0.05, 0) is 44.0 Å². The molecule has 5 heteroatoms. The average molecular weight is 337 g/mol. The summed E-state index contributed by atoms with van der Waals surface area (Å²) < 4.78 is 6.10. The summed E-state index contributed by atoms with van der Waals surface area (Å²) >= 11 is 0. The lowest BCUT2D eigenvalue weighted by Gasteiger charge is -2.38. The number of hydrogen-bond donors (Lipinski definition) is 1. The first-order valence-electron chi connectivity index (χ1n) is 8.92. The average Bonchev–Trinajstić information content (AvgIpc) is 2.89. The molecule has 2 unspecified atom stereocenters. The van der Waals surface area contributed by atoms with Gasteiger partial charge in [-0.1, -0.05) is 17.7 Å². The van der Waals surface area contributed by atoms with Crippen molar-refractivity contribution in [3.05, 3.63) is 54.4 Å². The summed E-state index contributed by atoms with van der Waals surface area (Å²) in [4.78, 5) is 18.8. The molecule has 130 valence electrons. The molecule has 3 heterocycles. The molecule has 2 amide bonds. The molecule has 25 heavy (non-hydrogen) atoms. The maximum absolute atomic E-state index is 12.7. The van der Waals surface area contributed by atoms with Gasteiger partial charge >= 0.3 is 6.03 Å². The van der Waals surface area contributed by atoms with Crippen molar-refractivity contribution < 1.29 is 9.53 Å². The summed E-state index contributed by atoms with van der Waals surface area (Å²) in [6.07, 6.45) is 7.55. The van der Waals surface area contributed by atoms with E-state index in [0.717, 1.165) is 37.1 Å². The number of ether oxygens (including phenoxy) is 1. The topological polar surface area (TPSA) is 54.5 Å². The summed E-state index contributed by atoms with van der Waals surface area (Å²) in [6, 6.07) is 12.2. The van der Waals surface area contributed by atoms with E-state index >= 15 is 0 Å². The van der Waals surface area contributed by atoms with Crippen LogP contribution in [-0.2, 0) is 0 Å². The van der Waals surface area contributed by atoms with Crippen LogP contribution in [0.1, 0.15) is 31.2 Å². The lowest BCUT2D eigenvalue weighted by Crippen LogP contribution is -2.50. The number of aryl methyl sites for hydroxylation is 1. The van der Waals surface area contributed by atoms with Crippen LogP contribution in [0.5, 0.6) is 5.75 Å². The molecule has 2 aliphatic heterocycles. The maximum Gasteiger partial charge on any atom is 0.322 e. The number of urea groups is 1. The third-order valence-electron chi connectivity index (χ3n) is 5.18. The fourth-order valence-corrected chi connectivity index (χ4v) is 3.99. The molecule has 2 aromatic rings. The first-order chi connectivity index (χ1) is 12.2. The molecule has 2 atom stereocenters. The number of anilines is 1. The molecule has 1 aromatic carbocycles. The molecule has 0 aliphatic carbocycles. The van der Waals surface area contributed by atoms with Crippen LogP contribution in [0, 0.1) is 6.92 Å². The van der Waals surface area contributed by atoms with Crippen LogP contribution < -0.4 is 10.1 Å². The van der Waals surface area contributed by atoms with Gasteiger partial charge in [0.2, 0.25) is 0 Å². The minimum atomic E-state index is 0.0127. The van der Waals surface area contributed by atoms with Crippen LogP contribution in [0.4, 0.5) is 10.5 Å². The molecule has 5 nitrogen and oxygen atoms in total. The molecule has 2 bridgehead atoms. The second-order valence-corrected chi connectivity index (χ2v) is 6.98. The molecule has 0 saturated carbocycles. The van der Waals surface area contributed by atoms with Crippen LogP contribution in [-0.4, -0.2) is 34.1 Å². The number of aromatic nitrogens is 1. The number of carbonyl (C=O) groups excluding carboxylic acids is 1. The Morgan fingerprint density at radius 3 is 2.36 bits per heavy atom. The largest absolute Gasteiger partial charge is 0.490 e. The summed E-state index contributed by atoms with van der Waals surface area (Å²) in [5.41, 5.74) is 2.04. The Labute approximate surface area is 148 Å². The van der Waals surface area contributed by atoms with Crippen LogP contribution in [0.15, 0.2) is 48.8 Å². The molecule has 0 spiro atoms. The molecule has 4 rings (SSSR count). The number of hydrogen-bond acceptors (Lipinski definition) is 3. The quantitative estimate of drug-likeness (QED) is 0.921. The van der Waals surface area contributed by atoms with Crippen molar-refractivity contribution in [3.63, 3.8) is 0 Å². The zero-order valence-electron chi connectivity index (χ0n) is 14.4. The van der Waals surface area contributed by atoms with Crippen LogP contribution in [0.25, 0.3) is 0 Å². The Kier molecular flexibility index (Phi) is 4.30. The standard InChI is InChI=1S/C20H23N3O2/c1-14-2-4-15(5-3-14)22-20(24)23-16-6-7-17(23)13-19(12-16)25-18-8-10-21-11-9-18/h2-5,8-11,16-17,19H,6-7,12-13H2,1H3,(H,22,24). The highest BCUT2D eigenvalue weighted by Crippen LogP contribution is 2.37. The van der Waals surface area contributed by atoms with Gasteiger partial charge in [-0.2, -0.15) is 0 Å². The third-order valence-corrected chi connectivity index (χ3v) is 5.18. The van der Waals surface area contributed by atoms with E-state index < -0.39 is 0 Å². The van der Waals surface area contributed by atoms with Gasteiger partial charge in [-0.3, -0.25) is 4.98 Å². The number of piperidine rings is 1. The van der Waals surface area contributed by atoms with E-state index in [1.54, 1.807) is 12.4 Å². The lowest BCUT2D eigenvalue weighted by atomic mass is 10.00. The summed E-state index contributed by atoms with van der Waals surface area (Å²) in [6.45, 7) is 2.04. The van der Waals surface area contributed by atoms with Gasteiger partial charge in [0.1, 0.15) is 11.9 Å². The number of amides is 2. The minimum Gasteiger partial charge on any atom is -0.490 e. The number of nitrogens with zero attached hydrogens (tertiary/aromatic N) is 2. The van der Waals surface area contributed by atoms with Gasteiger partial charge in [0, 0.05) is 43.0 Å². The van der Waals surface area contributed by atoms with E-state index in [9.17, 15) is 4.79 Å². The first-order valence-corrected chi connectivity index (χ1v) is 8.92. The molecular weight excluding hydrogens is 314 g/mol. The van der Waals surface area contributed by atoms with Crippen LogP contribution >= 0.6 is 0 Å². The normalized spacial score (nSPS) is 24.8. The predicted molar refractivity (Wildman–Crippen MR) is 96.7 cm³/mol. The van der Waals surface area contributed by atoms with Gasteiger partial charge in [-0.15, -0.1) is 0 Å². The number of pyridine rings is 1. The monoisotopic (exact) mass is 337 g/mol. The molecule has 1 N–H and O–H groups in total. The zero-order chi connectivity index (χ0) is 17.2. The van der Waals surface area contributed by atoms with Crippen molar-refractivity contribution in [1.29, 1.82) is 0 Å². The summed E-state index contributed by atoms with van der Waals surface area (Å²) in [5, 5.41) is 3.04. The van der Waals surface area contributed by atoms with Gasteiger partial charge in [-0.25, -0.2) is 4.79 Å². The van der Waals surface area contributed by atoms with E-state index in [1.165, 1.54) is 5.56 Å². The number of rotatable bonds is 3. The summed E-state index contributed by atoms with van der Waals surface area (Å²) in [5.74, 6) is 0.858. The smallest absolute Gasteiger partial charge is 0.322 e. The molecular formula is C20H23N3O2. The van der Waals surface area contributed by atoms with Crippen LogP contribution in [0.2, 0.25) is 0 Å². The number of nitrogens with one attached hydrogen (secondary N) is 1. The summed E-state index contributed by atoms with van der Waals surface area (Å²) in [7, 11) is 0. The van der Waals surface area contributed by atoms with Crippen molar-refractivity contribution in [1.82, 2.24) is 9.88 Å². The Morgan fingerprint density at radius 1 is 1.08 bits per heavy atom. The Bertz CT molecular complexity index is 718. The van der Waals surface area contributed by atoms with Gasteiger partial charge in [0.05, 0.1) is 0 Å². The number of fused-ring (bicyclic) bond motifs is 2. The molecule has 1 aromatic heterocycles. The van der Waals surface area contributed by atoms with Gasteiger partial charge in [0.25, 0.3) is 0 Å². The maximum atomic E-state index is 12.7. The van der Waals surface area contributed by atoms with E-state index in [2.05, 4.69) is 10.3 Å². The highest BCUT2D eigenvalue weighted by Gasteiger charge is 2.44. The number of carbonyl (C=O) groups is 1. The van der Waals surface area contributed by atoms with E-state index in [-0.39, 0.29) is 24.2 Å². The first kappa shape index (κ1) is 15.9. The SMILES string of the molecule is Cc1ccc(NC(=O)N2C3CCC2CC(Oc2ccncc2)C3)cc1. The van der Waals surface area contributed by atoms with E-state index in [1.807, 2.05) is 48.2 Å². The van der Waals surface area contributed by atoms with Crippen LogP contribution in [0.3, 0.4) is 0 Å². The molecule has 0 radical (unpaired) electrons. The van der Waals surface area contributed by atoms with Crippen molar-refractivity contribution in [2.24, 2.45) is 0 Å². The lowest BCUT2D eigenvalue weighted by molar-refractivity contribution is 0.0732. The highest BCUT2D eigenvalue weighted by molar-refractivity contribution is 5.90. The zero-order valence-corrected chi connectivity index (χ0v) is 14.4. The molecule has 2 saturated heterocycles. The fourth-order valence-electron chi connectivity index (χ4n) is 3.99. The van der Waals surface area contributed by atoms with Gasteiger partial charge < -0.3 is 15.0 Å². The third kappa shape index (κ3) is 3.45. The molecule has 2 fully saturated rings. The van der Waals surface area contributed by atoms with Gasteiger partial charge in [0.15, 0.2) is 0 Å². The molecule has 2 aliphatic rings. The fraction of sp³-hybridized carbons (Fsp3) is 0.400. The number of benzene rings is 1. The van der Waals surface area contributed by atoms with Crippen molar-refractivity contribution in [2.75, 3.05) is 5.32 Å². The Balaban J connectivity index is 1.40. The second kappa shape index (κ2) is 6.75.